The van der Waals surface area contributed by atoms with Gasteiger partial charge in [-0.25, -0.2) is 0 Å². The third-order valence-corrected chi connectivity index (χ3v) is 3.08. The predicted molar refractivity (Wildman–Crippen MR) is 65.9 cm³/mol. The molecule has 1 aromatic heterocycles. The molecule has 8 nitrogen and oxygen atoms in total. The van der Waals surface area contributed by atoms with E-state index in [0.717, 1.165) is 0 Å². The maximum atomic E-state index is 11.9. The van der Waals surface area contributed by atoms with Crippen molar-refractivity contribution < 1.29 is 14.5 Å². The van der Waals surface area contributed by atoms with Gasteiger partial charge in [-0.3, -0.25) is 24.6 Å². The number of hydrogen-bond donors (Lipinski definition) is 1. The van der Waals surface area contributed by atoms with E-state index in [-0.39, 0.29) is 36.2 Å². The molecule has 1 amide bonds. The molecule has 1 fully saturated rings. The maximum absolute atomic E-state index is 11.9. The van der Waals surface area contributed by atoms with Gasteiger partial charge in [0.05, 0.1) is 29.9 Å². The molecule has 0 unspecified atom stereocenters. The van der Waals surface area contributed by atoms with Crippen LogP contribution in [-0.4, -0.2) is 64.6 Å². The number of amides is 1. The lowest BCUT2D eigenvalue weighted by molar-refractivity contribution is -0.384. The van der Waals surface area contributed by atoms with Crippen molar-refractivity contribution in [2.24, 2.45) is 0 Å². The van der Waals surface area contributed by atoms with E-state index < -0.39 is 4.92 Å². The topological polar surface area (TPSA) is 99.5 Å². The van der Waals surface area contributed by atoms with Crippen LogP contribution < -0.4 is 0 Å². The van der Waals surface area contributed by atoms with Crippen LogP contribution in [0.5, 0.6) is 0 Å². The highest BCUT2D eigenvalue weighted by atomic mass is 16.6. The minimum atomic E-state index is -0.563. The summed E-state index contributed by atoms with van der Waals surface area (Å²) in [6.07, 6.45) is 1.18. The fourth-order valence-electron chi connectivity index (χ4n) is 1.88. The van der Waals surface area contributed by atoms with Crippen LogP contribution in [0.4, 0.5) is 5.69 Å². The second kappa shape index (κ2) is 5.19. The molecule has 1 aromatic rings. The average Bonchev–Trinajstić information content (AvgIpc) is 2.83. The summed E-state index contributed by atoms with van der Waals surface area (Å²) in [5.41, 5.74) is 0.0517. The summed E-state index contributed by atoms with van der Waals surface area (Å²) in [4.78, 5) is 39.3. The number of piperazine rings is 1. The molecule has 1 N–H and O–H groups in total. The lowest BCUT2D eigenvalue weighted by Crippen LogP contribution is -2.49. The third-order valence-electron chi connectivity index (χ3n) is 3.08. The van der Waals surface area contributed by atoms with Crippen LogP contribution in [0.3, 0.4) is 0 Å². The number of aromatic amines is 1. The largest absolute Gasteiger partial charge is 0.353 e. The molecule has 0 spiro atoms. The number of carbonyl (C=O) groups is 2. The summed E-state index contributed by atoms with van der Waals surface area (Å²) >= 11 is 0. The van der Waals surface area contributed by atoms with Crippen molar-refractivity contribution in [1.29, 1.82) is 0 Å². The second-order valence-electron chi connectivity index (χ2n) is 4.48. The van der Waals surface area contributed by atoms with E-state index in [0.29, 0.717) is 13.1 Å². The Balaban J connectivity index is 1.97. The standard InChI is InChI=1S/C11H14N4O4/c1-13-2-3-14(7-11(13)17)6-10(16)9-4-8(5-12-9)15(18)19/h4-5,12H,2-3,6-7H2,1H3. The summed E-state index contributed by atoms with van der Waals surface area (Å²) < 4.78 is 0. The number of aromatic nitrogens is 1. The normalized spacial score (nSPS) is 16.7. The molecule has 2 heterocycles. The first-order valence-corrected chi connectivity index (χ1v) is 5.79. The van der Waals surface area contributed by atoms with Gasteiger partial charge in [0.15, 0.2) is 5.78 Å². The summed E-state index contributed by atoms with van der Waals surface area (Å²) in [5, 5.41) is 10.5. The number of rotatable bonds is 4. The van der Waals surface area contributed by atoms with Crippen LogP contribution in [0.15, 0.2) is 12.3 Å². The van der Waals surface area contributed by atoms with E-state index >= 15 is 0 Å². The molecular formula is C11H14N4O4. The fourth-order valence-corrected chi connectivity index (χ4v) is 1.88. The first-order chi connectivity index (χ1) is 8.97. The summed E-state index contributed by atoms with van der Waals surface area (Å²) in [7, 11) is 1.72. The number of likely N-dealkylation sites (N-methyl/N-ethyl adjacent to an activating group) is 1. The van der Waals surface area contributed by atoms with Crippen molar-refractivity contribution in [1.82, 2.24) is 14.8 Å². The van der Waals surface area contributed by atoms with Gasteiger partial charge in [0, 0.05) is 26.2 Å². The van der Waals surface area contributed by atoms with Crippen LogP contribution >= 0.6 is 0 Å². The molecule has 0 radical (unpaired) electrons. The number of nitrogens with zero attached hydrogens (tertiary/aromatic N) is 3. The Labute approximate surface area is 109 Å². The van der Waals surface area contributed by atoms with Crippen molar-refractivity contribution in [2.45, 2.75) is 0 Å². The highest BCUT2D eigenvalue weighted by Gasteiger charge is 2.24. The van der Waals surface area contributed by atoms with Gasteiger partial charge < -0.3 is 9.88 Å². The Kier molecular flexibility index (Phi) is 3.61. The van der Waals surface area contributed by atoms with Crippen molar-refractivity contribution in [3.63, 3.8) is 0 Å². The monoisotopic (exact) mass is 266 g/mol. The van der Waals surface area contributed by atoms with Gasteiger partial charge in [-0.15, -0.1) is 0 Å². The van der Waals surface area contributed by atoms with E-state index in [1.54, 1.807) is 16.8 Å². The second-order valence-corrected chi connectivity index (χ2v) is 4.48. The van der Waals surface area contributed by atoms with E-state index in [4.69, 9.17) is 0 Å². The Morgan fingerprint density at radius 2 is 2.26 bits per heavy atom. The van der Waals surface area contributed by atoms with Gasteiger partial charge in [0.25, 0.3) is 5.69 Å². The molecular weight excluding hydrogens is 252 g/mol. The van der Waals surface area contributed by atoms with Crippen molar-refractivity contribution >= 4 is 17.4 Å². The number of carbonyl (C=O) groups excluding carboxylic acids is 2. The van der Waals surface area contributed by atoms with Crippen LogP contribution in [0.2, 0.25) is 0 Å². The van der Waals surface area contributed by atoms with Crippen LogP contribution in [-0.2, 0) is 4.79 Å². The van der Waals surface area contributed by atoms with Crippen LogP contribution in [0.25, 0.3) is 0 Å². The lowest BCUT2D eigenvalue weighted by Gasteiger charge is -2.31. The lowest BCUT2D eigenvalue weighted by atomic mass is 10.2. The molecule has 0 aliphatic carbocycles. The number of nitro groups is 1. The zero-order valence-corrected chi connectivity index (χ0v) is 10.5. The Morgan fingerprint density at radius 3 is 2.84 bits per heavy atom. The number of hydrogen-bond acceptors (Lipinski definition) is 5. The summed E-state index contributed by atoms with van der Waals surface area (Å²) in [6.45, 7) is 1.48. The highest BCUT2D eigenvalue weighted by Crippen LogP contribution is 2.13. The SMILES string of the molecule is CN1CCN(CC(=O)c2cc([N+](=O)[O-])c[nH]2)CC1=O. The first-order valence-electron chi connectivity index (χ1n) is 5.79. The zero-order valence-electron chi connectivity index (χ0n) is 10.5. The molecule has 0 aromatic carbocycles. The van der Waals surface area contributed by atoms with Crippen LogP contribution in [0, 0.1) is 10.1 Å². The van der Waals surface area contributed by atoms with Crippen molar-refractivity contribution in [3.05, 3.63) is 28.1 Å². The number of Topliss-reactive ketones (excluding diaryl/α,β-unsaturated/α-hetero) is 1. The third kappa shape index (κ3) is 2.97. The van der Waals surface area contributed by atoms with Crippen LogP contribution in [0.1, 0.15) is 10.5 Å². The van der Waals surface area contributed by atoms with Gasteiger partial charge in [-0.1, -0.05) is 0 Å². The number of ketones is 1. The van der Waals surface area contributed by atoms with E-state index in [1.807, 2.05) is 0 Å². The Bertz CT molecular complexity index is 525. The van der Waals surface area contributed by atoms with E-state index in [1.165, 1.54) is 12.3 Å². The molecule has 1 saturated heterocycles. The molecule has 0 bridgehead atoms. The number of H-pyrrole nitrogens is 1. The Hall–Kier alpha value is -2.22. The molecule has 1 aliphatic heterocycles. The number of nitrogens with one attached hydrogen (secondary N) is 1. The zero-order chi connectivity index (χ0) is 14.0. The van der Waals surface area contributed by atoms with E-state index in [2.05, 4.69) is 4.98 Å². The molecule has 2 rings (SSSR count). The van der Waals surface area contributed by atoms with Gasteiger partial charge in [0.2, 0.25) is 5.91 Å². The summed E-state index contributed by atoms with van der Waals surface area (Å²) in [5.74, 6) is -0.290. The highest BCUT2D eigenvalue weighted by molar-refractivity contribution is 5.97. The molecule has 102 valence electrons. The predicted octanol–water partition coefficient (Wildman–Crippen LogP) is -0.120. The average molecular weight is 266 g/mol. The van der Waals surface area contributed by atoms with Gasteiger partial charge in [-0.05, 0) is 0 Å². The van der Waals surface area contributed by atoms with Crippen molar-refractivity contribution in [2.75, 3.05) is 33.2 Å². The Morgan fingerprint density at radius 1 is 1.53 bits per heavy atom. The molecule has 8 heteroatoms. The first kappa shape index (κ1) is 13.2. The van der Waals surface area contributed by atoms with Gasteiger partial charge >= 0.3 is 0 Å². The summed E-state index contributed by atoms with van der Waals surface area (Å²) in [6, 6.07) is 1.21. The van der Waals surface area contributed by atoms with Gasteiger partial charge in [0.1, 0.15) is 0 Å². The molecule has 0 atom stereocenters. The quantitative estimate of drug-likeness (QED) is 0.465. The van der Waals surface area contributed by atoms with E-state index in [9.17, 15) is 19.7 Å². The fraction of sp³-hybridized carbons (Fsp3) is 0.455. The minimum Gasteiger partial charge on any atom is -0.353 e. The molecule has 0 saturated carbocycles. The minimum absolute atomic E-state index is 0.0310. The molecule has 19 heavy (non-hydrogen) atoms. The van der Waals surface area contributed by atoms with Crippen molar-refractivity contribution in [3.8, 4) is 0 Å². The smallest absolute Gasteiger partial charge is 0.287 e. The maximum Gasteiger partial charge on any atom is 0.287 e. The molecule has 1 aliphatic rings. The van der Waals surface area contributed by atoms with Gasteiger partial charge in [-0.2, -0.15) is 0 Å².